The topological polar surface area (TPSA) is 68.9 Å². The second kappa shape index (κ2) is 15.7. The molecule has 1 aromatic rings. The fourth-order valence-electron chi connectivity index (χ4n) is 1.90. The van der Waals surface area contributed by atoms with Gasteiger partial charge in [-0.1, -0.05) is 30.3 Å². The van der Waals surface area contributed by atoms with Crippen molar-refractivity contribution in [1.82, 2.24) is 0 Å². The van der Waals surface area contributed by atoms with Gasteiger partial charge in [0.1, 0.15) is 0 Å². The summed E-state index contributed by atoms with van der Waals surface area (Å²) in [5.41, 5.74) is 2.66. The Labute approximate surface area is 130 Å². The molecule has 1 aliphatic heterocycles. The molecular formula is C15H14CrO4. The molecule has 0 fully saturated rings. The Morgan fingerprint density at radius 3 is 2.00 bits per heavy atom. The van der Waals surface area contributed by atoms with Crippen LogP contribution >= 0.6 is 0 Å². The van der Waals surface area contributed by atoms with Gasteiger partial charge in [-0.25, -0.2) is 0 Å². The number of rotatable bonds is 2. The predicted octanol–water partition coefficient (Wildman–Crippen LogP) is 3.28. The molecule has 1 heterocycles. The van der Waals surface area contributed by atoms with E-state index in [9.17, 15) is 0 Å². The minimum Gasteiger partial charge on any atom is 0 e. The first kappa shape index (κ1) is 23.7. The van der Waals surface area contributed by atoms with E-state index in [0.29, 0.717) is 0 Å². The summed E-state index contributed by atoms with van der Waals surface area (Å²) in [5, 5.41) is 0. The van der Waals surface area contributed by atoms with Gasteiger partial charge in [-0.3, -0.25) is 0 Å². The van der Waals surface area contributed by atoms with E-state index in [-0.39, 0.29) is 29.6 Å². The third kappa shape index (κ3) is 6.73. The standard InChI is InChI=1S/C12H14O.3CO.Cr/c1-3-6-12-11-8-5-4-7-10(11)9(2)13-12;3*1-2;/h3-5,7-9,12H,1,6H2,2H3;;;;/t9-,12-;;;;/m1..../s1. The molecule has 0 saturated carbocycles. The SMILES string of the molecule is C=CC[C@H]1O[C@H](C)c2ccccc21.[C-]#[O+].[C-]#[O+].[C-]#[O+].[Cr]. The second-order valence-corrected chi connectivity index (χ2v) is 3.42. The van der Waals surface area contributed by atoms with E-state index < -0.39 is 0 Å². The fraction of sp³-hybridized carbons (Fsp3) is 0.267. The van der Waals surface area contributed by atoms with Crippen molar-refractivity contribution < 1.29 is 36.1 Å². The van der Waals surface area contributed by atoms with Crippen molar-refractivity contribution in [3.63, 3.8) is 0 Å². The number of hydrogen-bond donors (Lipinski definition) is 0. The maximum absolute atomic E-state index is 7.50. The summed E-state index contributed by atoms with van der Waals surface area (Å²) < 4.78 is 28.3. The first-order valence-electron chi connectivity index (χ1n) is 5.29. The van der Waals surface area contributed by atoms with E-state index in [1.807, 2.05) is 6.08 Å². The summed E-state index contributed by atoms with van der Waals surface area (Å²) in [4.78, 5) is 0. The molecule has 5 heteroatoms. The summed E-state index contributed by atoms with van der Waals surface area (Å²) in [5.74, 6) is 0. The molecule has 0 bridgehead atoms. The van der Waals surface area contributed by atoms with Crippen LogP contribution in [0, 0.1) is 20.0 Å². The molecule has 0 aromatic heterocycles. The van der Waals surface area contributed by atoms with Gasteiger partial charge in [0, 0.05) is 17.4 Å². The fourth-order valence-corrected chi connectivity index (χ4v) is 1.90. The number of ether oxygens (including phenoxy) is 1. The van der Waals surface area contributed by atoms with Crippen molar-refractivity contribution in [2.45, 2.75) is 25.6 Å². The van der Waals surface area contributed by atoms with Crippen LogP contribution in [0.25, 0.3) is 0 Å². The van der Waals surface area contributed by atoms with E-state index in [2.05, 4.69) is 57.7 Å². The Balaban J connectivity index is -0.000000368. The van der Waals surface area contributed by atoms with Crippen LogP contribution in [0.15, 0.2) is 36.9 Å². The van der Waals surface area contributed by atoms with E-state index in [1.54, 1.807) is 0 Å². The first-order valence-corrected chi connectivity index (χ1v) is 5.29. The van der Waals surface area contributed by atoms with Crippen molar-refractivity contribution >= 4 is 0 Å². The van der Waals surface area contributed by atoms with Gasteiger partial charge in [0.05, 0.1) is 12.2 Å². The molecule has 4 nitrogen and oxygen atoms in total. The van der Waals surface area contributed by atoms with E-state index in [4.69, 9.17) is 18.7 Å². The van der Waals surface area contributed by atoms with Gasteiger partial charge in [-0.05, 0) is 24.5 Å². The molecule has 104 valence electrons. The van der Waals surface area contributed by atoms with Gasteiger partial charge >= 0.3 is 33.9 Å². The Kier molecular flexibility index (Phi) is 18.7. The quantitative estimate of drug-likeness (QED) is 0.469. The minimum atomic E-state index is 0. The van der Waals surface area contributed by atoms with Crippen molar-refractivity contribution in [3.8, 4) is 0 Å². The maximum Gasteiger partial charge on any atom is 0 e. The zero-order valence-electron chi connectivity index (χ0n) is 11.0. The Hall–Kier alpha value is -1.33. The van der Waals surface area contributed by atoms with Crippen molar-refractivity contribution in [1.29, 1.82) is 0 Å². The van der Waals surface area contributed by atoms with Crippen molar-refractivity contribution in [2.24, 2.45) is 0 Å². The van der Waals surface area contributed by atoms with Gasteiger partial charge in [0.15, 0.2) is 0 Å². The van der Waals surface area contributed by atoms with Gasteiger partial charge in [0.2, 0.25) is 0 Å². The number of fused-ring (bicyclic) bond motifs is 1. The molecule has 0 unspecified atom stereocenters. The molecule has 0 N–H and O–H groups in total. The van der Waals surface area contributed by atoms with Crippen LogP contribution in [0.1, 0.15) is 36.7 Å². The summed E-state index contributed by atoms with van der Waals surface area (Å²) in [6, 6.07) is 8.42. The van der Waals surface area contributed by atoms with E-state index >= 15 is 0 Å². The molecule has 2 rings (SSSR count). The van der Waals surface area contributed by atoms with Crippen LogP contribution < -0.4 is 0 Å². The zero-order chi connectivity index (χ0) is 15.3. The average molecular weight is 310 g/mol. The molecule has 0 spiro atoms. The summed E-state index contributed by atoms with van der Waals surface area (Å²) in [6.45, 7) is 19.3. The van der Waals surface area contributed by atoms with Crippen LogP contribution in [-0.4, -0.2) is 0 Å². The van der Waals surface area contributed by atoms with Gasteiger partial charge in [-0.15, -0.1) is 6.58 Å². The average Bonchev–Trinajstić information content (AvgIpc) is 2.83. The largest absolute Gasteiger partial charge is 0 e. The summed E-state index contributed by atoms with van der Waals surface area (Å²) in [6.07, 6.45) is 3.28. The summed E-state index contributed by atoms with van der Waals surface area (Å²) in [7, 11) is 0. The maximum atomic E-state index is 7.50. The normalized spacial score (nSPS) is 16.9. The van der Waals surface area contributed by atoms with Crippen LogP contribution in [0.5, 0.6) is 0 Å². The van der Waals surface area contributed by atoms with E-state index in [0.717, 1.165) is 6.42 Å². The van der Waals surface area contributed by atoms with Crippen LogP contribution in [0.3, 0.4) is 0 Å². The third-order valence-electron chi connectivity index (χ3n) is 2.53. The minimum absolute atomic E-state index is 0. The van der Waals surface area contributed by atoms with E-state index in [1.165, 1.54) is 11.1 Å². The molecule has 1 aliphatic rings. The van der Waals surface area contributed by atoms with Gasteiger partial charge in [-0.2, -0.15) is 0 Å². The Morgan fingerprint density at radius 2 is 1.55 bits per heavy atom. The second-order valence-electron chi connectivity index (χ2n) is 3.42. The molecule has 0 saturated heterocycles. The van der Waals surface area contributed by atoms with Crippen LogP contribution in [-0.2, 0) is 36.1 Å². The zero-order valence-corrected chi connectivity index (χ0v) is 12.3. The van der Waals surface area contributed by atoms with Crippen molar-refractivity contribution in [2.75, 3.05) is 0 Å². The monoisotopic (exact) mass is 310 g/mol. The number of hydrogen-bond acceptors (Lipinski definition) is 1. The molecule has 1 aromatic carbocycles. The van der Waals surface area contributed by atoms with Crippen molar-refractivity contribution in [3.05, 3.63) is 68.0 Å². The Bertz CT molecular complexity index is 423. The molecule has 0 aliphatic carbocycles. The Morgan fingerprint density at radius 1 is 1.10 bits per heavy atom. The molecule has 0 radical (unpaired) electrons. The molecule has 0 amide bonds. The number of benzene rings is 1. The smallest absolute Gasteiger partial charge is 0 e. The van der Waals surface area contributed by atoms with Crippen LogP contribution in [0.4, 0.5) is 0 Å². The third-order valence-corrected chi connectivity index (χ3v) is 2.53. The van der Waals surface area contributed by atoms with Gasteiger partial charge < -0.3 is 4.74 Å². The summed E-state index contributed by atoms with van der Waals surface area (Å²) >= 11 is 0. The molecular weight excluding hydrogens is 296 g/mol. The predicted molar refractivity (Wildman–Crippen MR) is 65.3 cm³/mol. The molecule has 20 heavy (non-hydrogen) atoms. The van der Waals surface area contributed by atoms with Gasteiger partial charge in [0.25, 0.3) is 0 Å². The van der Waals surface area contributed by atoms with Crippen LogP contribution in [0.2, 0.25) is 0 Å². The molecule has 2 atom stereocenters. The first-order chi connectivity index (χ1) is 9.33.